The summed E-state index contributed by atoms with van der Waals surface area (Å²) in [7, 11) is -2.95. The predicted octanol–water partition coefficient (Wildman–Crippen LogP) is 5.40. The zero-order valence-electron chi connectivity index (χ0n) is 18.9. The molecule has 0 atom stereocenters. The van der Waals surface area contributed by atoms with Crippen molar-refractivity contribution in [1.29, 1.82) is 5.26 Å². The monoisotopic (exact) mass is 544 g/mol. The zero-order chi connectivity index (χ0) is 26.5. The minimum Gasteiger partial charge on any atom is -0.465 e. The third-order valence-electron chi connectivity index (χ3n) is 4.76. The van der Waals surface area contributed by atoms with Gasteiger partial charge < -0.3 is 14.2 Å². The standard InChI is InChI=1S/C25H18Cl2N2O6S/c1-15-3-9-20(10-4-15)36(32,33)35-23-21(26)12-16(13-22(23)27)11-18(14-28)24(30)29-19-7-5-17(6-8-19)25(31)34-2/h3-13H,1-2H3,(H,29,30)/b18-11+. The molecule has 1 N–H and O–H groups in total. The maximum absolute atomic E-state index is 12.6. The van der Waals surface area contributed by atoms with Crippen molar-refractivity contribution in [3.05, 3.63) is 93.0 Å². The van der Waals surface area contributed by atoms with Gasteiger partial charge in [-0.3, -0.25) is 4.79 Å². The van der Waals surface area contributed by atoms with E-state index in [9.17, 15) is 23.3 Å². The Balaban J connectivity index is 1.81. The van der Waals surface area contributed by atoms with E-state index in [1.54, 1.807) is 18.2 Å². The van der Waals surface area contributed by atoms with Crippen LogP contribution in [0.5, 0.6) is 5.75 Å². The number of hydrogen-bond acceptors (Lipinski definition) is 7. The third kappa shape index (κ3) is 6.43. The predicted molar refractivity (Wildman–Crippen MR) is 135 cm³/mol. The lowest BCUT2D eigenvalue weighted by molar-refractivity contribution is -0.112. The highest BCUT2D eigenvalue weighted by Gasteiger charge is 2.21. The molecular formula is C25H18Cl2N2O6S. The molecule has 0 spiro atoms. The van der Waals surface area contributed by atoms with Gasteiger partial charge in [0, 0.05) is 5.69 Å². The first-order chi connectivity index (χ1) is 17.0. The van der Waals surface area contributed by atoms with E-state index < -0.39 is 22.0 Å². The van der Waals surface area contributed by atoms with Gasteiger partial charge in [0.1, 0.15) is 16.5 Å². The number of benzene rings is 3. The SMILES string of the molecule is COC(=O)c1ccc(NC(=O)/C(C#N)=C/c2cc(Cl)c(OS(=O)(=O)c3ccc(C)cc3)c(Cl)c2)cc1. The van der Waals surface area contributed by atoms with Crippen LogP contribution < -0.4 is 9.50 Å². The van der Waals surface area contributed by atoms with Crippen LogP contribution >= 0.6 is 23.2 Å². The second-order valence-corrected chi connectivity index (χ2v) is 9.72. The maximum atomic E-state index is 12.6. The first-order valence-corrected chi connectivity index (χ1v) is 12.3. The van der Waals surface area contributed by atoms with Gasteiger partial charge in [-0.1, -0.05) is 40.9 Å². The number of methoxy groups -OCH3 is 1. The van der Waals surface area contributed by atoms with Crippen LogP contribution in [-0.4, -0.2) is 27.4 Å². The van der Waals surface area contributed by atoms with Crippen LogP contribution in [-0.2, 0) is 19.6 Å². The quantitative estimate of drug-likeness (QED) is 0.183. The summed E-state index contributed by atoms with van der Waals surface area (Å²) in [4.78, 5) is 24.0. The molecule has 0 bridgehead atoms. The molecule has 1 amide bonds. The van der Waals surface area contributed by atoms with Gasteiger partial charge in [0.05, 0.1) is 22.7 Å². The molecule has 184 valence electrons. The van der Waals surface area contributed by atoms with Gasteiger partial charge in [0.2, 0.25) is 0 Å². The van der Waals surface area contributed by atoms with Crippen LogP contribution in [0, 0.1) is 18.3 Å². The number of nitrogens with zero attached hydrogens (tertiary/aromatic N) is 1. The summed E-state index contributed by atoms with van der Waals surface area (Å²) < 4.78 is 34.9. The Morgan fingerprint density at radius 3 is 2.11 bits per heavy atom. The molecule has 0 aromatic heterocycles. The molecule has 0 aliphatic heterocycles. The molecule has 8 nitrogen and oxygen atoms in total. The minimum atomic E-state index is -4.20. The second kappa shape index (κ2) is 11.3. The molecule has 0 saturated heterocycles. The maximum Gasteiger partial charge on any atom is 0.339 e. The Hall–Kier alpha value is -3.84. The van der Waals surface area contributed by atoms with Crippen molar-refractivity contribution in [1.82, 2.24) is 0 Å². The van der Waals surface area contributed by atoms with Gasteiger partial charge in [-0.15, -0.1) is 0 Å². The minimum absolute atomic E-state index is 0.0766. The number of rotatable bonds is 7. The summed E-state index contributed by atoms with van der Waals surface area (Å²) in [6.45, 7) is 1.81. The molecule has 0 fully saturated rings. The molecule has 3 rings (SSSR count). The van der Waals surface area contributed by atoms with E-state index in [-0.39, 0.29) is 31.8 Å². The molecule has 0 aliphatic carbocycles. The molecule has 3 aromatic carbocycles. The molecule has 0 heterocycles. The topological polar surface area (TPSA) is 123 Å². The van der Waals surface area contributed by atoms with E-state index in [1.165, 1.54) is 61.7 Å². The number of halogens is 2. The van der Waals surface area contributed by atoms with Crippen LogP contribution in [0.25, 0.3) is 6.08 Å². The smallest absolute Gasteiger partial charge is 0.339 e. The van der Waals surface area contributed by atoms with Crippen LogP contribution in [0.3, 0.4) is 0 Å². The summed E-state index contributed by atoms with van der Waals surface area (Å²) in [5.74, 6) is -1.54. The van der Waals surface area contributed by atoms with Crippen molar-refractivity contribution in [2.75, 3.05) is 12.4 Å². The van der Waals surface area contributed by atoms with Gasteiger partial charge in [0.15, 0.2) is 5.75 Å². The zero-order valence-corrected chi connectivity index (χ0v) is 21.2. The Kier molecular flexibility index (Phi) is 8.37. The molecule has 0 saturated carbocycles. The number of hydrogen-bond donors (Lipinski definition) is 1. The van der Waals surface area contributed by atoms with Crippen molar-refractivity contribution in [2.24, 2.45) is 0 Å². The summed E-state index contributed by atoms with van der Waals surface area (Å²) in [6, 6.07) is 16.3. The largest absolute Gasteiger partial charge is 0.465 e. The number of nitriles is 1. The van der Waals surface area contributed by atoms with Gasteiger partial charge in [-0.2, -0.15) is 13.7 Å². The van der Waals surface area contributed by atoms with Crippen LogP contribution in [0.1, 0.15) is 21.5 Å². The molecule has 0 radical (unpaired) electrons. The lowest BCUT2D eigenvalue weighted by atomic mass is 10.1. The van der Waals surface area contributed by atoms with Crippen LogP contribution in [0.15, 0.2) is 71.1 Å². The Bertz CT molecular complexity index is 1470. The Labute approximate surface area is 217 Å². The Morgan fingerprint density at radius 1 is 1.00 bits per heavy atom. The van der Waals surface area contributed by atoms with Gasteiger partial charge in [-0.25, -0.2) is 4.79 Å². The second-order valence-electron chi connectivity index (χ2n) is 7.36. The average Bonchev–Trinajstić information content (AvgIpc) is 2.85. The van der Waals surface area contributed by atoms with Crippen molar-refractivity contribution >= 4 is 57.0 Å². The number of carbonyl (C=O) groups excluding carboxylic acids is 2. The fraction of sp³-hybridized carbons (Fsp3) is 0.0800. The number of nitrogens with one attached hydrogen (secondary N) is 1. The van der Waals surface area contributed by atoms with Crippen LogP contribution in [0.4, 0.5) is 5.69 Å². The first-order valence-electron chi connectivity index (χ1n) is 10.2. The van der Waals surface area contributed by atoms with E-state index in [2.05, 4.69) is 10.1 Å². The van der Waals surface area contributed by atoms with E-state index in [4.69, 9.17) is 27.4 Å². The summed E-state index contributed by atoms with van der Waals surface area (Å²) in [5.41, 5.74) is 1.49. The van der Waals surface area contributed by atoms with E-state index in [0.717, 1.165) is 5.56 Å². The number of aryl methyl sites for hydroxylation is 1. The fourth-order valence-corrected chi connectivity index (χ4v) is 4.56. The van der Waals surface area contributed by atoms with Crippen molar-refractivity contribution in [3.8, 4) is 11.8 Å². The average molecular weight is 545 g/mol. The summed E-state index contributed by atoms with van der Waals surface area (Å²) in [6.07, 6.45) is 1.23. The lowest BCUT2D eigenvalue weighted by Crippen LogP contribution is -2.13. The fourth-order valence-electron chi connectivity index (χ4n) is 2.93. The number of anilines is 1. The van der Waals surface area contributed by atoms with Crippen molar-refractivity contribution < 1.29 is 26.9 Å². The summed E-state index contributed by atoms with van der Waals surface area (Å²) >= 11 is 12.4. The van der Waals surface area contributed by atoms with Crippen LogP contribution in [0.2, 0.25) is 10.0 Å². The molecule has 11 heteroatoms. The molecule has 36 heavy (non-hydrogen) atoms. The van der Waals surface area contributed by atoms with Gasteiger partial charge >= 0.3 is 16.1 Å². The first kappa shape index (κ1) is 26.8. The molecule has 0 unspecified atom stereocenters. The number of amides is 1. The molecule has 3 aromatic rings. The van der Waals surface area contributed by atoms with E-state index in [1.807, 2.05) is 6.92 Å². The number of ether oxygens (including phenoxy) is 1. The molecule has 0 aliphatic rings. The highest BCUT2D eigenvalue weighted by atomic mass is 35.5. The van der Waals surface area contributed by atoms with E-state index >= 15 is 0 Å². The number of carbonyl (C=O) groups is 2. The van der Waals surface area contributed by atoms with Crippen molar-refractivity contribution in [2.45, 2.75) is 11.8 Å². The normalized spacial score (nSPS) is 11.4. The highest BCUT2D eigenvalue weighted by molar-refractivity contribution is 7.87. The van der Waals surface area contributed by atoms with E-state index in [0.29, 0.717) is 11.3 Å². The van der Waals surface area contributed by atoms with Gasteiger partial charge in [-0.05, 0) is 67.1 Å². The van der Waals surface area contributed by atoms with Crippen molar-refractivity contribution in [3.63, 3.8) is 0 Å². The van der Waals surface area contributed by atoms with Gasteiger partial charge in [0.25, 0.3) is 5.91 Å². The highest BCUT2D eigenvalue weighted by Crippen LogP contribution is 2.37. The number of esters is 1. The molecular weight excluding hydrogens is 527 g/mol. The Morgan fingerprint density at radius 2 is 1.58 bits per heavy atom. The lowest BCUT2D eigenvalue weighted by Gasteiger charge is -2.11. The summed E-state index contributed by atoms with van der Waals surface area (Å²) in [5, 5.41) is 11.7. The third-order valence-corrected chi connectivity index (χ3v) is 6.56.